The van der Waals surface area contributed by atoms with Crippen molar-refractivity contribution >= 4 is 23.2 Å². The SMILES string of the molecule is N#CC1(C#N)C(c2cc([N+](=O)[O-])ccc2Cl)OC23CCCCCC2C1(C#N)C(=N)O3. The minimum absolute atomic E-state index is 0.0500. The van der Waals surface area contributed by atoms with Crippen molar-refractivity contribution in [1.29, 1.82) is 21.2 Å². The fourth-order valence-electron chi connectivity index (χ4n) is 5.16. The molecule has 2 bridgehead atoms. The summed E-state index contributed by atoms with van der Waals surface area (Å²) < 4.78 is 12.1. The highest BCUT2D eigenvalue weighted by molar-refractivity contribution is 6.31. The highest BCUT2D eigenvalue weighted by atomic mass is 35.5. The molecule has 0 aromatic heterocycles. The van der Waals surface area contributed by atoms with Crippen LogP contribution in [0.1, 0.15) is 43.8 Å². The zero-order valence-corrected chi connectivity index (χ0v) is 16.5. The van der Waals surface area contributed by atoms with Crippen LogP contribution in [-0.2, 0) is 9.47 Å². The second-order valence-corrected chi connectivity index (χ2v) is 8.21. The van der Waals surface area contributed by atoms with Gasteiger partial charge in [0, 0.05) is 29.1 Å². The van der Waals surface area contributed by atoms with Gasteiger partial charge in [0.1, 0.15) is 6.10 Å². The predicted molar refractivity (Wildman–Crippen MR) is 102 cm³/mol. The van der Waals surface area contributed by atoms with Crippen molar-refractivity contribution in [2.24, 2.45) is 16.7 Å². The number of nitrogens with one attached hydrogen (secondary N) is 1. The van der Waals surface area contributed by atoms with Gasteiger partial charge >= 0.3 is 0 Å². The molecular formula is C20H16ClN5O4. The first-order chi connectivity index (χ1) is 14.3. The fourth-order valence-corrected chi connectivity index (χ4v) is 5.38. The van der Waals surface area contributed by atoms with E-state index in [-0.39, 0.29) is 16.3 Å². The van der Waals surface area contributed by atoms with Gasteiger partial charge in [-0.25, -0.2) is 0 Å². The second kappa shape index (κ2) is 6.67. The first-order valence-corrected chi connectivity index (χ1v) is 9.83. The number of halogens is 1. The van der Waals surface area contributed by atoms with Crippen molar-refractivity contribution in [3.8, 4) is 18.2 Å². The fraction of sp³-hybridized carbons (Fsp3) is 0.500. The number of nitrogens with zero attached hydrogens (tertiary/aromatic N) is 4. The number of nitriles is 3. The Bertz CT molecular complexity index is 1070. The Hall–Kier alpha value is -3.19. The molecule has 1 aromatic carbocycles. The zero-order valence-electron chi connectivity index (χ0n) is 15.7. The summed E-state index contributed by atoms with van der Waals surface area (Å²) in [6, 6.07) is 9.59. The molecule has 2 aliphatic heterocycles. The second-order valence-electron chi connectivity index (χ2n) is 7.81. The lowest BCUT2D eigenvalue weighted by Crippen LogP contribution is -2.59. The van der Waals surface area contributed by atoms with Crippen molar-refractivity contribution in [3.05, 3.63) is 38.9 Å². The standard InChI is InChI=1S/C20H16ClN5O4/c21-14-6-5-12(26(27)28)8-13(14)16-18(9-22,10-23)19(11-24)15-4-2-1-3-7-20(15,29-16)30-17(19)25/h5-6,8,15-16,25H,1-4,7H2. The number of nitro groups is 1. The van der Waals surface area contributed by atoms with Gasteiger partial charge in [-0.1, -0.05) is 24.4 Å². The summed E-state index contributed by atoms with van der Waals surface area (Å²) in [5, 5.41) is 50.5. The molecule has 1 aliphatic carbocycles. The Balaban J connectivity index is 2.03. The van der Waals surface area contributed by atoms with Crippen LogP contribution in [0, 0.1) is 66.3 Å². The quantitative estimate of drug-likeness (QED) is 0.550. The lowest BCUT2D eigenvalue weighted by atomic mass is 9.52. The van der Waals surface area contributed by atoms with Gasteiger partial charge in [0.2, 0.25) is 17.1 Å². The number of hydrogen-bond donors (Lipinski definition) is 1. The molecule has 1 N–H and O–H groups in total. The number of non-ortho nitro benzene ring substituents is 1. The molecular weight excluding hydrogens is 410 g/mol. The Kier molecular flexibility index (Phi) is 4.47. The van der Waals surface area contributed by atoms with Crippen molar-refractivity contribution < 1.29 is 14.4 Å². The summed E-state index contributed by atoms with van der Waals surface area (Å²) in [6.07, 6.45) is 1.73. The van der Waals surface area contributed by atoms with Crippen LogP contribution in [0.5, 0.6) is 0 Å². The lowest BCUT2D eigenvalue weighted by molar-refractivity contribution is -0.385. The third-order valence-electron chi connectivity index (χ3n) is 6.54. The van der Waals surface area contributed by atoms with E-state index >= 15 is 0 Å². The number of benzene rings is 1. The van der Waals surface area contributed by atoms with Gasteiger partial charge < -0.3 is 9.47 Å². The van der Waals surface area contributed by atoms with E-state index in [1.807, 2.05) is 12.1 Å². The first kappa shape index (κ1) is 20.1. The Morgan fingerprint density at radius 2 is 1.93 bits per heavy atom. The predicted octanol–water partition coefficient (Wildman–Crippen LogP) is 4.15. The number of hydrogen-bond acceptors (Lipinski definition) is 8. The number of ether oxygens (including phenoxy) is 2. The van der Waals surface area contributed by atoms with Crippen LogP contribution in [0.15, 0.2) is 18.2 Å². The van der Waals surface area contributed by atoms with Crippen LogP contribution in [-0.4, -0.2) is 16.6 Å². The highest BCUT2D eigenvalue weighted by Gasteiger charge is 2.80. The minimum Gasteiger partial charge on any atom is -0.447 e. The molecule has 2 heterocycles. The van der Waals surface area contributed by atoms with Crippen LogP contribution in [0.4, 0.5) is 5.69 Å². The summed E-state index contributed by atoms with van der Waals surface area (Å²) >= 11 is 6.32. The van der Waals surface area contributed by atoms with E-state index < -0.39 is 39.5 Å². The highest BCUT2D eigenvalue weighted by Crippen LogP contribution is 2.69. The van der Waals surface area contributed by atoms with E-state index in [0.29, 0.717) is 19.3 Å². The van der Waals surface area contributed by atoms with Crippen LogP contribution in [0.2, 0.25) is 5.02 Å². The van der Waals surface area contributed by atoms with E-state index in [1.54, 1.807) is 0 Å². The molecule has 0 radical (unpaired) electrons. The smallest absolute Gasteiger partial charge is 0.269 e. The maximum atomic E-state index is 11.3. The monoisotopic (exact) mass is 425 g/mol. The molecule has 30 heavy (non-hydrogen) atoms. The molecule has 1 saturated carbocycles. The van der Waals surface area contributed by atoms with Gasteiger partial charge in [-0.15, -0.1) is 0 Å². The average Bonchev–Trinajstić information content (AvgIpc) is 2.85. The molecule has 4 unspecified atom stereocenters. The van der Waals surface area contributed by atoms with Crippen molar-refractivity contribution in [2.45, 2.75) is 44.0 Å². The maximum absolute atomic E-state index is 11.3. The third-order valence-corrected chi connectivity index (χ3v) is 6.88. The lowest BCUT2D eigenvalue weighted by Gasteiger charge is -2.49. The van der Waals surface area contributed by atoms with Gasteiger partial charge in [0.05, 0.1) is 29.0 Å². The molecule has 1 aromatic rings. The van der Waals surface area contributed by atoms with Crippen LogP contribution >= 0.6 is 11.6 Å². The van der Waals surface area contributed by atoms with E-state index in [0.717, 1.165) is 18.9 Å². The normalized spacial score (nSPS) is 33.7. The molecule has 10 heteroatoms. The van der Waals surface area contributed by atoms with Gasteiger partial charge in [0.15, 0.2) is 5.41 Å². The summed E-state index contributed by atoms with van der Waals surface area (Å²) in [6.45, 7) is 0. The Morgan fingerprint density at radius 3 is 2.57 bits per heavy atom. The van der Waals surface area contributed by atoms with Crippen LogP contribution < -0.4 is 0 Å². The minimum atomic E-state index is -2.17. The largest absolute Gasteiger partial charge is 0.447 e. The molecule has 9 nitrogen and oxygen atoms in total. The van der Waals surface area contributed by atoms with Crippen LogP contribution in [0.3, 0.4) is 0 Å². The average molecular weight is 426 g/mol. The summed E-state index contributed by atoms with van der Waals surface area (Å²) in [7, 11) is 0. The molecule has 0 spiro atoms. The summed E-state index contributed by atoms with van der Waals surface area (Å²) in [5.74, 6) is -2.51. The van der Waals surface area contributed by atoms with E-state index in [9.17, 15) is 25.9 Å². The summed E-state index contributed by atoms with van der Waals surface area (Å²) in [5.41, 5.74) is -4.30. The number of nitro benzene ring substituents is 1. The molecule has 3 aliphatic rings. The maximum Gasteiger partial charge on any atom is 0.269 e. The van der Waals surface area contributed by atoms with Crippen molar-refractivity contribution in [3.63, 3.8) is 0 Å². The molecule has 3 fully saturated rings. The van der Waals surface area contributed by atoms with E-state index in [2.05, 4.69) is 6.07 Å². The van der Waals surface area contributed by atoms with E-state index in [4.69, 9.17) is 26.5 Å². The molecule has 2 saturated heterocycles. The zero-order chi connectivity index (χ0) is 21.7. The van der Waals surface area contributed by atoms with Gasteiger partial charge in [-0.2, -0.15) is 15.8 Å². The van der Waals surface area contributed by atoms with Gasteiger partial charge in [0.25, 0.3) is 5.69 Å². The third kappa shape index (κ3) is 2.26. The first-order valence-electron chi connectivity index (χ1n) is 9.45. The number of rotatable bonds is 2. The van der Waals surface area contributed by atoms with E-state index in [1.165, 1.54) is 12.1 Å². The molecule has 4 rings (SSSR count). The Morgan fingerprint density at radius 1 is 1.20 bits per heavy atom. The molecule has 0 amide bonds. The van der Waals surface area contributed by atoms with Crippen molar-refractivity contribution in [2.75, 3.05) is 0 Å². The van der Waals surface area contributed by atoms with Gasteiger partial charge in [-0.05, 0) is 18.9 Å². The Labute approximate surface area is 177 Å². The van der Waals surface area contributed by atoms with Crippen molar-refractivity contribution in [1.82, 2.24) is 0 Å². The van der Waals surface area contributed by atoms with Gasteiger partial charge in [-0.3, -0.25) is 15.5 Å². The summed E-state index contributed by atoms with van der Waals surface area (Å²) in [4.78, 5) is 10.7. The topological polar surface area (TPSA) is 157 Å². The molecule has 152 valence electrons. The molecule has 4 atom stereocenters. The van der Waals surface area contributed by atoms with Crippen LogP contribution in [0.25, 0.3) is 0 Å².